The molecule has 1 N–H and O–H groups in total. The van der Waals surface area contributed by atoms with Crippen molar-refractivity contribution in [1.29, 1.82) is 0 Å². The molecule has 3 heterocycles. The summed E-state index contributed by atoms with van der Waals surface area (Å²) in [6.45, 7) is 0. The number of benzene rings is 3. The maximum absolute atomic E-state index is 13.8. The lowest BCUT2D eigenvalue weighted by Gasteiger charge is -2.35. The number of amides is 3. The number of nitrogens with zero attached hydrogens (tertiary/aromatic N) is 2. The molecule has 2 saturated heterocycles. The molecule has 3 aromatic carbocycles. The lowest BCUT2D eigenvalue weighted by atomic mass is 9.77. The van der Waals surface area contributed by atoms with Crippen LogP contribution in [0.4, 0.5) is 17.1 Å². The molecule has 0 radical (unpaired) electrons. The van der Waals surface area contributed by atoms with E-state index in [-0.39, 0.29) is 0 Å². The van der Waals surface area contributed by atoms with Gasteiger partial charge in [-0.25, -0.2) is 9.96 Å². The van der Waals surface area contributed by atoms with Crippen molar-refractivity contribution < 1.29 is 24.0 Å². The van der Waals surface area contributed by atoms with Gasteiger partial charge in [0.05, 0.1) is 18.5 Å². The highest BCUT2D eigenvalue weighted by Gasteiger charge is 2.73. The molecule has 164 valence electrons. The first kappa shape index (κ1) is 19.5. The predicted octanol–water partition coefficient (Wildman–Crippen LogP) is 2.85. The van der Waals surface area contributed by atoms with Crippen molar-refractivity contribution >= 4 is 34.8 Å². The fourth-order valence-electron chi connectivity index (χ4n) is 5.06. The topological polar surface area (TPSA) is 88.2 Å². The van der Waals surface area contributed by atoms with E-state index in [1.165, 1.54) is 12.2 Å². The third-order valence-electron chi connectivity index (χ3n) is 6.50. The fraction of sp³-hybridized carbons (Fsp3) is 0.160. The second-order valence-corrected chi connectivity index (χ2v) is 8.11. The first-order chi connectivity index (χ1) is 16.1. The molecule has 3 aromatic rings. The summed E-state index contributed by atoms with van der Waals surface area (Å²) in [5.41, 5.74) is 0.656. The summed E-state index contributed by atoms with van der Waals surface area (Å²) in [6.07, 6.45) is -1.14. The highest BCUT2D eigenvalue weighted by Crippen LogP contribution is 2.56. The van der Waals surface area contributed by atoms with E-state index in [4.69, 9.17) is 9.57 Å². The van der Waals surface area contributed by atoms with Crippen LogP contribution < -0.4 is 20.0 Å². The summed E-state index contributed by atoms with van der Waals surface area (Å²) < 4.78 is 5.18. The molecule has 33 heavy (non-hydrogen) atoms. The standard InChI is InChI=1S/C25H19N3O5/c1-32-17-13-11-15(12-14-17)27-22(29)20-21(23(27)30)33-28(16-7-3-2-4-8-16)25(20)18-9-5-6-10-19(18)26-24(25)31/h2-14,20-21H,1H3,(H,26,31)/t20-,21+,25-/m1/s1. The third kappa shape index (κ3) is 2.46. The van der Waals surface area contributed by atoms with Crippen LogP contribution in [0.15, 0.2) is 78.9 Å². The fourth-order valence-corrected chi connectivity index (χ4v) is 5.06. The Labute approximate surface area is 189 Å². The number of imide groups is 1. The Morgan fingerprint density at radius 3 is 2.27 bits per heavy atom. The van der Waals surface area contributed by atoms with Gasteiger partial charge < -0.3 is 10.1 Å². The summed E-state index contributed by atoms with van der Waals surface area (Å²) in [6, 6.07) is 22.9. The van der Waals surface area contributed by atoms with Gasteiger partial charge in [0.1, 0.15) is 11.7 Å². The number of carbonyl (C=O) groups excluding carboxylic acids is 3. The van der Waals surface area contributed by atoms with Gasteiger partial charge in [-0.05, 0) is 42.5 Å². The van der Waals surface area contributed by atoms with E-state index in [0.29, 0.717) is 28.4 Å². The lowest BCUT2D eigenvalue weighted by Crippen LogP contribution is -2.53. The minimum Gasteiger partial charge on any atom is -0.497 e. The molecule has 0 aliphatic carbocycles. The van der Waals surface area contributed by atoms with Crippen molar-refractivity contribution in [1.82, 2.24) is 0 Å². The Balaban J connectivity index is 1.52. The lowest BCUT2D eigenvalue weighted by molar-refractivity contribution is -0.130. The number of anilines is 3. The second kappa shape index (κ2) is 6.91. The van der Waals surface area contributed by atoms with Crippen LogP contribution in [0.2, 0.25) is 0 Å². The molecule has 3 aliphatic heterocycles. The summed E-state index contributed by atoms with van der Waals surface area (Å²) >= 11 is 0. The Bertz CT molecular complexity index is 1290. The maximum atomic E-state index is 13.8. The molecule has 8 heteroatoms. The van der Waals surface area contributed by atoms with Gasteiger partial charge in [0, 0.05) is 11.3 Å². The molecule has 8 nitrogen and oxygen atoms in total. The minimum atomic E-state index is -1.52. The smallest absolute Gasteiger partial charge is 0.266 e. The second-order valence-electron chi connectivity index (χ2n) is 8.11. The van der Waals surface area contributed by atoms with Crippen molar-refractivity contribution in [3.63, 3.8) is 0 Å². The van der Waals surface area contributed by atoms with E-state index in [2.05, 4.69) is 5.32 Å². The van der Waals surface area contributed by atoms with E-state index < -0.39 is 35.3 Å². The molecule has 1 spiro atoms. The van der Waals surface area contributed by atoms with Crippen LogP contribution in [0.1, 0.15) is 5.56 Å². The van der Waals surface area contributed by atoms with E-state index in [0.717, 1.165) is 4.90 Å². The van der Waals surface area contributed by atoms with Crippen molar-refractivity contribution in [2.24, 2.45) is 5.92 Å². The number of carbonyl (C=O) groups is 3. The summed E-state index contributed by atoms with van der Waals surface area (Å²) in [5, 5.41) is 4.32. The van der Waals surface area contributed by atoms with Crippen LogP contribution in [0.25, 0.3) is 0 Å². The Morgan fingerprint density at radius 1 is 0.848 bits per heavy atom. The molecule has 6 rings (SSSR count). The highest BCUT2D eigenvalue weighted by molar-refractivity contribution is 6.27. The number of hydroxylamine groups is 1. The van der Waals surface area contributed by atoms with Gasteiger partial charge in [-0.3, -0.25) is 19.2 Å². The van der Waals surface area contributed by atoms with Crippen molar-refractivity contribution in [3.8, 4) is 5.75 Å². The van der Waals surface area contributed by atoms with Crippen molar-refractivity contribution in [2.45, 2.75) is 11.6 Å². The molecular formula is C25H19N3O5. The quantitative estimate of drug-likeness (QED) is 0.629. The number of hydrogen-bond donors (Lipinski definition) is 1. The molecule has 0 bridgehead atoms. The highest BCUT2D eigenvalue weighted by atomic mass is 16.7. The SMILES string of the molecule is COc1ccc(N2C(=O)[C@H]3ON(c4ccccc4)[C@@]4(C(=O)Nc5ccccc54)[C@H]3C2=O)cc1. The largest absolute Gasteiger partial charge is 0.497 e. The van der Waals surface area contributed by atoms with Crippen molar-refractivity contribution in [3.05, 3.63) is 84.4 Å². The number of hydrogen-bond acceptors (Lipinski definition) is 6. The first-order valence-corrected chi connectivity index (χ1v) is 10.5. The molecule has 3 aliphatic rings. The number of nitrogens with one attached hydrogen (secondary N) is 1. The van der Waals surface area contributed by atoms with Crippen molar-refractivity contribution in [2.75, 3.05) is 22.4 Å². The number of fused-ring (bicyclic) bond motifs is 4. The van der Waals surface area contributed by atoms with Crippen LogP contribution in [-0.4, -0.2) is 30.9 Å². The zero-order valence-corrected chi connectivity index (χ0v) is 17.6. The monoisotopic (exact) mass is 441 g/mol. The predicted molar refractivity (Wildman–Crippen MR) is 120 cm³/mol. The van der Waals surface area contributed by atoms with E-state index in [1.807, 2.05) is 24.3 Å². The molecule has 2 fully saturated rings. The molecule has 0 unspecified atom stereocenters. The number of para-hydroxylation sites is 2. The molecule has 0 saturated carbocycles. The van der Waals surface area contributed by atoms with Crippen LogP contribution in [0, 0.1) is 5.92 Å². The van der Waals surface area contributed by atoms with E-state index >= 15 is 0 Å². The zero-order valence-electron chi connectivity index (χ0n) is 17.6. The Morgan fingerprint density at radius 2 is 1.55 bits per heavy atom. The molecule has 3 amide bonds. The summed E-state index contributed by atoms with van der Waals surface area (Å²) in [5.74, 6) is -1.86. The average Bonchev–Trinajstić information content (AvgIpc) is 3.44. The summed E-state index contributed by atoms with van der Waals surface area (Å²) in [7, 11) is 1.54. The number of ether oxygens (including phenoxy) is 1. The van der Waals surface area contributed by atoms with Crippen LogP contribution in [0.3, 0.4) is 0 Å². The minimum absolute atomic E-state index is 0.400. The number of methoxy groups -OCH3 is 1. The van der Waals surface area contributed by atoms with Gasteiger partial charge in [-0.15, -0.1) is 0 Å². The zero-order chi connectivity index (χ0) is 22.7. The van der Waals surface area contributed by atoms with Gasteiger partial charge in [0.15, 0.2) is 11.6 Å². The van der Waals surface area contributed by atoms with Gasteiger partial charge in [0.2, 0.25) is 5.91 Å². The Kier molecular flexibility index (Phi) is 4.09. The Hall–Kier alpha value is -4.17. The summed E-state index contributed by atoms with van der Waals surface area (Å²) in [4.78, 5) is 48.2. The van der Waals surface area contributed by atoms with Gasteiger partial charge >= 0.3 is 0 Å². The molecule has 0 aromatic heterocycles. The van der Waals surface area contributed by atoms with Gasteiger partial charge in [-0.2, -0.15) is 0 Å². The normalized spacial score (nSPS) is 25.4. The first-order valence-electron chi connectivity index (χ1n) is 10.5. The van der Waals surface area contributed by atoms with Crippen LogP contribution >= 0.6 is 0 Å². The van der Waals surface area contributed by atoms with Gasteiger partial charge in [0.25, 0.3) is 11.8 Å². The van der Waals surface area contributed by atoms with E-state index in [9.17, 15) is 14.4 Å². The van der Waals surface area contributed by atoms with Crippen LogP contribution in [0.5, 0.6) is 5.75 Å². The average molecular weight is 441 g/mol. The van der Waals surface area contributed by atoms with E-state index in [1.54, 1.807) is 54.6 Å². The molecular weight excluding hydrogens is 422 g/mol. The number of rotatable bonds is 3. The maximum Gasteiger partial charge on any atom is 0.266 e. The molecule has 3 atom stereocenters. The third-order valence-corrected chi connectivity index (χ3v) is 6.50. The van der Waals surface area contributed by atoms with Gasteiger partial charge in [-0.1, -0.05) is 36.4 Å². The van der Waals surface area contributed by atoms with Crippen LogP contribution in [-0.2, 0) is 24.8 Å².